The Kier molecular flexibility index (Phi) is 5.87. The Labute approximate surface area is 122 Å². The van der Waals surface area contributed by atoms with E-state index in [0.717, 1.165) is 0 Å². The summed E-state index contributed by atoms with van der Waals surface area (Å²) in [5, 5.41) is 5.44. The zero-order chi connectivity index (χ0) is 13.7. The van der Waals surface area contributed by atoms with Crippen LogP contribution in [-0.2, 0) is 9.59 Å². The fourth-order valence-corrected chi connectivity index (χ4v) is 2.40. The highest BCUT2D eigenvalue weighted by molar-refractivity contribution is 9.10. The molecule has 0 spiro atoms. The van der Waals surface area contributed by atoms with Gasteiger partial charge in [0.05, 0.1) is 28.8 Å². The van der Waals surface area contributed by atoms with Gasteiger partial charge in [0.25, 0.3) is 0 Å². The molecule has 18 heavy (non-hydrogen) atoms. The van der Waals surface area contributed by atoms with E-state index in [4.69, 9.17) is 28.9 Å². The van der Waals surface area contributed by atoms with E-state index in [1.54, 1.807) is 12.1 Å². The summed E-state index contributed by atoms with van der Waals surface area (Å²) in [7, 11) is 0. The quantitative estimate of drug-likeness (QED) is 0.770. The van der Waals surface area contributed by atoms with Gasteiger partial charge in [0.2, 0.25) is 11.8 Å². The lowest BCUT2D eigenvalue weighted by Crippen LogP contribution is -2.36. The number of benzene rings is 1. The topological polar surface area (TPSA) is 84.2 Å². The average Bonchev–Trinajstić information content (AvgIpc) is 2.30. The summed E-state index contributed by atoms with van der Waals surface area (Å²) < 4.78 is 0.701. The molecule has 0 heterocycles. The predicted molar refractivity (Wildman–Crippen MR) is 74.9 cm³/mol. The van der Waals surface area contributed by atoms with Crippen LogP contribution in [0.3, 0.4) is 0 Å². The fraction of sp³-hybridized carbons (Fsp3) is 0.200. The molecule has 0 saturated carbocycles. The van der Waals surface area contributed by atoms with Crippen LogP contribution in [0.25, 0.3) is 0 Å². The van der Waals surface area contributed by atoms with Crippen molar-refractivity contribution < 1.29 is 9.59 Å². The molecule has 1 aromatic rings. The SMILES string of the molecule is NCC(=O)NCC(=O)Nc1c(Cl)cc(Br)cc1Cl. The molecule has 0 aliphatic heterocycles. The molecule has 0 atom stereocenters. The maximum absolute atomic E-state index is 11.5. The normalized spacial score (nSPS) is 10.0. The zero-order valence-corrected chi connectivity index (χ0v) is 12.2. The number of carbonyl (C=O) groups is 2. The van der Waals surface area contributed by atoms with E-state index >= 15 is 0 Å². The third kappa shape index (κ3) is 4.45. The Hall–Kier alpha value is -0.820. The minimum absolute atomic E-state index is 0.174. The first-order valence-corrected chi connectivity index (χ1v) is 6.40. The maximum atomic E-state index is 11.5. The zero-order valence-electron chi connectivity index (χ0n) is 9.10. The summed E-state index contributed by atoms with van der Waals surface area (Å²) in [5.41, 5.74) is 5.38. The van der Waals surface area contributed by atoms with Crippen molar-refractivity contribution in [2.24, 2.45) is 5.73 Å². The Morgan fingerprint density at radius 1 is 1.22 bits per heavy atom. The van der Waals surface area contributed by atoms with Crippen LogP contribution in [0.15, 0.2) is 16.6 Å². The number of amides is 2. The number of halogens is 3. The van der Waals surface area contributed by atoms with E-state index in [1.165, 1.54) is 0 Å². The van der Waals surface area contributed by atoms with E-state index < -0.39 is 11.8 Å². The molecule has 0 saturated heterocycles. The second-order valence-corrected chi connectivity index (χ2v) is 5.00. The van der Waals surface area contributed by atoms with Crippen molar-refractivity contribution in [3.05, 3.63) is 26.7 Å². The van der Waals surface area contributed by atoms with Crippen molar-refractivity contribution in [3.63, 3.8) is 0 Å². The van der Waals surface area contributed by atoms with Crippen LogP contribution in [0.1, 0.15) is 0 Å². The van der Waals surface area contributed by atoms with Gasteiger partial charge in [0.1, 0.15) is 0 Å². The maximum Gasteiger partial charge on any atom is 0.243 e. The molecule has 0 aliphatic carbocycles. The molecule has 5 nitrogen and oxygen atoms in total. The lowest BCUT2D eigenvalue weighted by molar-refractivity contribution is -0.123. The molecule has 0 aliphatic rings. The highest BCUT2D eigenvalue weighted by atomic mass is 79.9. The predicted octanol–water partition coefficient (Wildman–Crippen LogP) is 1.77. The Morgan fingerprint density at radius 2 is 1.78 bits per heavy atom. The van der Waals surface area contributed by atoms with Gasteiger partial charge in [-0.2, -0.15) is 0 Å². The van der Waals surface area contributed by atoms with Crippen LogP contribution in [0.5, 0.6) is 0 Å². The molecule has 1 aromatic carbocycles. The van der Waals surface area contributed by atoms with Gasteiger partial charge in [-0.3, -0.25) is 9.59 Å². The summed E-state index contributed by atoms with van der Waals surface area (Å²) in [5.74, 6) is -0.860. The highest BCUT2D eigenvalue weighted by Crippen LogP contribution is 2.33. The highest BCUT2D eigenvalue weighted by Gasteiger charge is 2.11. The first kappa shape index (κ1) is 15.2. The number of nitrogens with one attached hydrogen (secondary N) is 2. The van der Waals surface area contributed by atoms with Gasteiger partial charge in [-0.1, -0.05) is 39.1 Å². The first-order valence-electron chi connectivity index (χ1n) is 4.85. The van der Waals surface area contributed by atoms with Crippen molar-refractivity contribution in [1.29, 1.82) is 0 Å². The number of carbonyl (C=O) groups excluding carboxylic acids is 2. The average molecular weight is 355 g/mol. The molecule has 0 bridgehead atoms. The smallest absolute Gasteiger partial charge is 0.243 e. The van der Waals surface area contributed by atoms with Crippen LogP contribution in [0, 0.1) is 0 Å². The van der Waals surface area contributed by atoms with E-state index in [-0.39, 0.29) is 13.1 Å². The van der Waals surface area contributed by atoms with E-state index in [2.05, 4.69) is 26.6 Å². The van der Waals surface area contributed by atoms with Crippen LogP contribution in [0.4, 0.5) is 5.69 Å². The third-order valence-corrected chi connectivity index (χ3v) is 2.96. The van der Waals surface area contributed by atoms with Crippen molar-refractivity contribution >= 4 is 56.6 Å². The van der Waals surface area contributed by atoms with Crippen LogP contribution < -0.4 is 16.4 Å². The third-order valence-electron chi connectivity index (χ3n) is 1.90. The molecule has 98 valence electrons. The number of hydrogen-bond acceptors (Lipinski definition) is 3. The fourth-order valence-electron chi connectivity index (χ4n) is 1.10. The summed E-state index contributed by atoms with van der Waals surface area (Å²) in [6.45, 7) is -0.369. The molecule has 2 amide bonds. The van der Waals surface area contributed by atoms with Gasteiger partial charge < -0.3 is 16.4 Å². The number of rotatable bonds is 4. The van der Waals surface area contributed by atoms with E-state index in [0.29, 0.717) is 20.2 Å². The second-order valence-electron chi connectivity index (χ2n) is 3.27. The Balaban J connectivity index is 2.68. The Bertz CT molecular complexity index is 459. The summed E-state index contributed by atoms with van der Waals surface area (Å²) in [4.78, 5) is 22.4. The molecular formula is C10H10BrCl2N3O2. The van der Waals surface area contributed by atoms with E-state index in [1.807, 2.05) is 0 Å². The molecule has 1 rings (SSSR count). The Morgan fingerprint density at radius 3 is 2.28 bits per heavy atom. The van der Waals surface area contributed by atoms with Crippen molar-refractivity contribution in [2.75, 3.05) is 18.4 Å². The minimum Gasteiger partial charge on any atom is -0.346 e. The number of nitrogens with two attached hydrogens (primary N) is 1. The van der Waals surface area contributed by atoms with Crippen molar-refractivity contribution in [1.82, 2.24) is 5.32 Å². The van der Waals surface area contributed by atoms with Crippen LogP contribution in [0.2, 0.25) is 10.0 Å². The van der Waals surface area contributed by atoms with Gasteiger partial charge in [-0.25, -0.2) is 0 Å². The number of hydrogen-bond donors (Lipinski definition) is 3. The second kappa shape index (κ2) is 6.94. The molecular weight excluding hydrogens is 345 g/mol. The van der Waals surface area contributed by atoms with Crippen molar-refractivity contribution in [2.45, 2.75) is 0 Å². The number of anilines is 1. The molecule has 0 fully saturated rings. The largest absolute Gasteiger partial charge is 0.346 e. The van der Waals surface area contributed by atoms with Crippen LogP contribution in [-0.4, -0.2) is 24.9 Å². The summed E-state index contributed by atoms with van der Waals surface area (Å²) in [6.07, 6.45) is 0. The van der Waals surface area contributed by atoms with Crippen molar-refractivity contribution in [3.8, 4) is 0 Å². The van der Waals surface area contributed by atoms with Gasteiger partial charge in [0.15, 0.2) is 0 Å². The van der Waals surface area contributed by atoms with Gasteiger partial charge >= 0.3 is 0 Å². The summed E-state index contributed by atoms with van der Waals surface area (Å²) in [6, 6.07) is 3.20. The standard InChI is InChI=1S/C10H10BrCl2N3O2/c11-5-1-6(12)10(7(13)2-5)16-9(18)4-15-8(17)3-14/h1-2H,3-4,14H2,(H,15,17)(H,16,18). The lowest BCUT2D eigenvalue weighted by Gasteiger charge is -2.10. The molecule has 8 heteroatoms. The van der Waals surface area contributed by atoms with Gasteiger partial charge in [-0.15, -0.1) is 0 Å². The molecule has 0 unspecified atom stereocenters. The first-order chi connectivity index (χ1) is 8.43. The minimum atomic E-state index is -0.442. The van der Waals surface area contributed by atoms with E-state index in [9.17, 15) is 9.59 Å². The molecule has 0 radical (unpaired) electrons. The van der Waals surface area contributed by atoms with Crippen LogP contribution >= 0.6 is 39.1 Å². The lowest BCUT2D eigenvalue weighted by atomic mass is 10.3. The van der Waals surface area contributed by atoms with Gasteiger partial charge in [0, 0.05) is 4.47 Å². The molecule has 4 N–H and O–H groups in total. The summed E-state index contributed by atoms with van der Waals surface area (Å²) >= 11 is 15.1. The molecule has 0 aromatic heterocycles. The van der Waals surface area contributed by atoms with Gasteiger partial charge in [-0.05, 0) is 12.1 Å². The monoisotopic (exact) mass is 353 g/mol.